The third kappa shape index (κ3) is 3.97. The van der Waals surface area contributed by atoms with Crippen LogP contribution in [0.15, 0.2) is 35.4 Å². The van der Waals surface area contributed by atoms with E-state index < -0.39 is 0 Å². The zero-order valence-corrected chi connectivity index (χ0v) is 13.9. The van der Waals surface area contributed by atoms with Crippen molar-refractivity contribution in [3.8, 4) is 0 Å². The van der Waals surface area contributed by atoms with Gasteiger partial charge in [0.25, 0.3) is 0 Å². The number of likely N-dealkylation sites (N-methyl/N-ethyl adjacent to an activating group) is 1. The molecule has 0 amide bonds. The van der Waals surface area contributed by atoms with Crippen LogP contribution in [0.3, 0.4) is 0 Å². The van der Waals surface area contributed by atoms with Crippen LogP contribution in [0.1, 0.15) is 4.88 Å². The van der Waals surface area contributed by atoms with Crippen molar-refractivity contribution in [2.24, 2.45) is 5.10 Å². The van der Waals surface area contributed by atoms with Gasteiger partial charge in [-0.3, -0.25) is 5.01 Å². The van der Waals surface area contributed by atoms with Crippen LogP contribution in [0.4, 0.5) is 10.8 Å². The molecule has 5 nitrogen and oxygen atoms in total. The maximum absolute atomic E-state index is 6.19. The SMILES string of the molecule is CN1CCN(N=Cc2sc(Nc3ccccc3)nc2Cl)CC1. The molecule has 1 saturated heterocycles. The van der Waals surface area contributed by atoms with Gasteiger partial charge in [0.05, 0.1) is 11.1 Å². The monoisotopic (exact) mass is 335 g/mol. The fraction of sp³-hybridized carbons (Fsp3) is 0.333. The van der Waals surface area contributed by atoms with E-state index in [1.807, 2.05) is 36.5 Å². The maximum atomic E-state index is 6.19. The van der Waals surface area contributed by atoms with Gasteiger partial charge in [0, 0.05) is 31.9 Å². The Balaban J connectivity index is 1.65. The quantitative estimate of drug-likeness (QED) is 0.872. The zero-order valence-electron chi connectivity index (χ0n) is 12.4. The highest BCUT2D eigenvalue weighted by Gasteiger charge is 2.12. The number of hydrazone groups is 1. The van der Waals surface area contributed by atoms with Crippen LogP contribution in [0.25, 0.3) is 0 Å². The highest BCUT2D eigenvalue weighted by Crippen LogP contribution is 2.27. The molecule has 2 heterocycles. The van der Waals surface area contributed by atoms with Crippen LogP contribution in [0.2, 0.25) is 5.15 Å². The van der Waals surface area contributed by atoms with Crippen molar-refractivity contribution >= 4 is 40.0 Å². The van der Waals surface area contributed by atoms with E-state index in [-0.39, 0.29) is 0 Å². The molecule has 0 unspecified atom stereocenters. The lowest BCUT2D eigenvalue weighted by Crippen LogP contribution is -2.41. The minimum atomic E-state index is 0.487. The molecule has 7 heteroatoms. The molecule has 0 spiro atoms. The Morgan fingerprint density at radius 3 is 2.68 bits per heavy atom. The number of nitrogens with one attached hydrogen (secondary N) is 1. The van der Waals surface area contributed by atoms with Gasteiger partial charge in [0.2, 0.25) is 0 Å². The highest BCUT2D eigenvalue weighted by molar-refractivity contribution is 7.17. The first kappa shape index (κ1) is 15.3. The van der Waals surface area contributed by atoms with Gasteiger partial charge in [0.1, 0.15) is 0 Å². The number of halogens is 1. The van der Waals surface area contributed by atoms with Crippen LogP contribution < -0.4 is 5.32 Å². The fourth-order valence-corrected chi connectivity index (χ4v) is 3.18. The van der Waals surface area contributed by atoms with Crippen molar-refractivity contribution in [3.05, 3.63) is 40.4 Å². The van der Waals surface area contributed by atoms with Gasteiger partial charge >= 0.3 is 0 Å². The fourth-order valence-electron chi connectivity index (χ4n) is 2.14. The molecule has 0 atom stereocenters. The number of piperazine rings is 1. The molecule has 1 N–H and O–H groups in total. The van der Waals surface area contributed by atoms with Crippen molar-refractivity contribution < 1.29 is 0 Å². The summed E-state index contributed by atoms with van der Waals surface area (Å²) >= 11 is 7.70. The second-order valence-electron chi connectivity index (χ2n) is 5.17. The van der Waals surface area contributed by atoms with Gasteiger partial charge in [-0.15, -0.1) is 0 Å². The number of hydrogen-bond donors (Lipinski definition) is 1. The minimum absolute atomic E-state index is 0.487. The van der Waals surface area contributed by atoms with Crippen molar-refractivity contribution in [2.75, 3.05) is 38.5 Å². The number of rotatable bonds is 4. The predicted octanol–water partition coefficient (Wildman–Crippen LogP) is 3.12. The summed E-state index contributed by atoms with van der Waals surface area (Å²) in [5.41, 5.74) is 0.996. The summed E-state index contributed by atoms with van der Waals surface area (Å²) in [5, 5.41) is 11.1. The lowest BCUT2D eigenvalue weighted by Gasteiger charge is -2.30. The molecule has 1 aromatic heterocycles. The maximum Gasteiger partial charge on any atom is 0.189 e. The highest BCUT2D eigenvalue weighted by atomic mass is 35.5. The first-order chi connectivity index (χ1) is 10.7. The van der Waals surface area contributed by atoms with E-state index in [4.69, 9.17) is 11.6 Å². The van der Waals surface area contributed by atoms with E-state index in [1.165, 1.54) is 11.3 Å². The van der Waals surface area contributed by atoms with Gasteiger partial charge in [-0.25, -0.2) is 4.98 Å². The molecule has 22 heavy (non-hydrogen) atoms. The van der Waals surface area contributed by atoms with Crippen molar-refractivity contribution in [1.29, 1.82) is 0 Å². The average molecular weight is 336 g/mol. The Kier molecular flexibility index (Phi) is 4.92. The van der Waals surface area contributed by atoms with E-state index in [2.05, 4.69) is 32.4 Å². The van der Waals surface area contributed by atoms with Crippen LogP contribution in [-0.2, 0) is 0 Å². The first-order valence-corrected chi connectivity index (χ1v) is 8.36. The molecule has 1 aliphatic rings. The summed E-state index contributed by atoms with van der Waals surface area (Å²) in [6, 6.07) is 9.93. The molecule has 1 fully saturated rings. The summed E-state index contributed by atoms with van der Waals surface area (Å²) in [5.74, 6) is 0. The van der Waals surface area contributed by atoms with E-state index in [0.29, 0.717) is 5.15 Å². The van der Waals surface area contributed by atoms with E-state index in [1.54, 1.807) is 0 Å². The number of para-hydroxylation sites is 1. The standard InChI is InChI=1S/C15H18ClN5S/c1-20-7-9-21(10-8-20)17-11-13-14(16)19-15(22-13)18-12-5-3-2-4-6-12/h2-6,11H,7-10H2,1H3,(H,18,19). The van der Waals surface area contributed by atoms with Gasteiger partial charge in [-0.05, 0) is 19.2 Å². The zero-order chi connectivity index (χ0) is 15.4. The summed E-state index contributed by atoms with van der Waals surface area (Å²) in [6.45, 7) is 3.96. The molecule has 0 aliphatic carbocycles. The van der Waals surface area contributed by atoms with E-state index in [0.717, 1.165) is 41.9 Å². The third-order valence-electron chi connectivity index (χ3n) is 3.45. The average Bonchev–Trinajstić information content (AvgIpc) is 2.87. The smallest absolute Gasteiger partial charge is 0.189 e. The van der Waals surface area contributed by atoms with E-state index in [9.17, 15) is 0 Å². The van der Waals surface area contributed by atoms with Crippen LogP contribution in [-0.4, -0.2) is 54.3 Å². The van der Waals surface area contributed by atoms with Gasteiger partial charge in [0.15, 0.2) is 10.3 Å². The molecule has 0 radical (unpaired) electrons. The molecule has 0 saturated carbocycles. The Hall–Kier alpha value is -1.63. The largest absolute Gasteiger partial charge is 0.331 e. The lowest BCUT2D eigenvalue weighted by atomic mass is 10.3. The Morgan fingerprint density at radius 2 is 1.95 bits per heavy atom. The third-order valence-corrected chi connectivity index (χ3v) is 4.76. The van der Waals surface area contributed by atoms with Gasteiger partial charge in [-0.2, -0.15) is 5.10 Å². The Morgan fingerprint density at radius 1 is 1.23 bits per heavy atom. The van der Waals surface area contributed by atoms with Gasteiger partial charge in [-0.1, -0.05) is 41.1 Å². The summed E-state index contributed by atoms with van der Waals surface area (Å²) in [4.78, 5) is 7.51. The van der Waals surface area contributed by atoms with Crippen LogP contribution in [0, 0.1) is 0 Å². The summed E-state index contributed by atoms with van der Waals surface area (Å²) in [6.07, 6.45) is 1.81. The molecular weight excluding hydrogens is 318 g/mol. The van der Waals surface area contributed by atoms with Crippen LogP contribution >= 0.6 is 22.9 Å². The van der Waals surface area contributed by atoms with Crippen molar-refractivity contribution in [1.82, 2.24) is 14.9 Å². The van der Waals surface area contributed by atoms with E-state index >= 15 is 0 Å². The molecule has 3 rings (SSSR count). The lowest BCUT2D eigenvalue weighted by molar-refractivity contribution is 0.159. The second-order valence-corrected chi connectivity index (χ2v) is 6.56. The normalized spacial score (nSPS) is 16.4. The second kappa shape index (κ2) is 7.09. The number of anilines is 2. The van der Waals surface area contributed by atoms with Crippen molar-refractivity contribution in [3.63, 3.8) is 0 Å². The summed E-state index contributed by atoms with van der Waals surface area (Å²) in [7, 11) is 2.13. The number of aromatic nitrogens is 1. The predicted molar refractivity (Wildman–Crippen MR) is 93.5 cm³/mol. The topological polar surface area (TPSA) is 43.8 Å². The van der Waals surface area contributed by atoms with Crippen LogP contribution in [0.5, 0.6) is 0 Å². The minimum Gasteiger partial charge on any atom is -0.331 e. The van der Waals surface area contributed by atoms with Gasteiger partial charge < -0.3 is 10.2 Å². The molecule has 1 aromatic carbocycles. The molecule has 2 aromatic rings. The molecular formula is C15H18ClN5S. The number of thiazole rings is 1. The first-order valence-electron chi connectivity index (χ1n) is 7.16. The number of hydrogen-bond acceptors (Lipinski definition) is 6. The number of benzene rings is 1. The van der Waals surface area contributed by atoms with Crippen molar-refractivity contribution in [2.45, 2.75) is 0 Å². The molecule has 0 bridgehead atoms. The Bertz CT molecular complexity index is 635. The number of nitrogens with zero attached hydrogens (tertiary/aromatic N) is 4. The molecule has 1 aliphatic heterocycles. The summed E-state index contributed by atoms with van der Waals surface area (Å²) < 4.78 is 0. The molecule has 116 valence electrons. The Labute approximate surface area is 139 Å².